The van der Waals surface area contributed by atoms with Gasteiger partial charge in [-0.15, -0.1) is 0 Å². The molecule has 3 N–H and O–H groups in total. The van der Waals surface area contributed by atoms with Gasteiger partial charge in [-0.2, -0.15) is 0 Å². The van der Waals surface area contributed by atoms with Crippen LogP contribution < -0.4 is 14.5 Å². The summed E-state index contributed by atoms with van der Waals surface area (Å²) in [6.07, 6.45) is -0.354. The molecular weight excluding hydrogens is 398 g/mol. The Bertz CT molecular complexity index is 1120. The van der Waals surface area contributed by atoms with Crippen molar-refractivity contribution in [2.24, 2.45) is 0 Å². The minimum Gasteiger partial charge on any atom is -0.497 e. The van der Waals surface area contributed by atoms with Crippen LogP contribution in [0.2, 0.25) is 0 Å². The summed E-state index contributed by atoms with van der Waals surface area (Å²) < 4.78 is 7.55. The Hall–Kier alpha value is -2.86. The van der Waals surface area contributed by atoms with Gasteiger partial charge in [0.1, 0.15) is 51.1 Å². The van der Waals surface area contributed by atoms with E-state index in [4.69, 9.17) is 4.74 Å². The average molecular weight is 432 g/mol. The van der Waals surface area contributed by atoms with Crippen molar-refractivity contribution in [3.05, 3.63) is 78.4 Å². The van der Waals surface area contributed by atoms with Crippen molar-refractivity contribution in [2.75, 3.05) is 39.8 Å². The summed E-state index contributed by atoms with van der Waals surface area (Å²) in [6, 6.07) is 25.4. The second-order valence-corrected chi connectivity index (χ2v) is 9.03. The number of methoxy groups -OCH3 is 1. The van der Waals surface area contributed by atoms with E-state index in [0.717, 1.165) is 45.0 Å². The molecule has 2 heterocycles. The summed E-state index contributed by atoms with van der Waals surface area (Å²) in [5, 5.41) is 13.5. The predicted octanol–water partition coefficient (Wildman–Crippen LogP) is 1.15. The first-order valence-corrected chi connectivity index (χ1v) is 11.7. The number of nitrogens with one attached hydrogen (secondary N) is 2. The lowest BCUT2D eigenvalue weighted by atomic mass is 10.2. The molecule has 1 aliphatic rings. The molecule has 0 aliphatic carbocycles. The SMILES string of the molecule is COc1ccc(C[NH+]2CC[NH+](C[C@@H](O)Cn3c4ccccc4c4ccccc43)CC2)cc1. The lowest BCUT2D eigenvalue weighted by Crippen LogP contribution is -3.28. The molecule has 0 saturated carbocycles. The first kappa shape index (κ1) is 21.0. The number of ether oxygens (including phenoxy) is 1. The van der Waals surface area contributed by atoms with Crippen LogP contribution in [0.3, 0.4) is 0 Å². The van der Waals surface area contributed by atoms with E-state index in [1.807, 2.05) is 12.1 Å². The van der Waals surface area contributed by atoms with Crippen LogP contribution in [-0.4, -0.2) is 55.6 Å². The van der Waals surface area contributed by atoms with Gasteiger partial charge in [0.2, 0.25) is 0 Å². The molecule has 1 aliphatic heterocycles. The minimum atomic E-state index is -0.354. The molecule has 5 nitrogen and oxygen atoms in total. The highest BCUT2D eigenvalue weighted by molar-refractivity contribution is 6.07. The molecule has 5 heteroatoms. The first-order valence-electron chi connectivity index (χ1n) is 11.7. The van der Waals surface area contributed by atoms with E-state index in [2.05, 4.69) is 65.2 Å². The lowest BCUT2D eigenvalue weighted by Gasteiger charge is -2.31. The maximum Gasteiger partial charge on any atom is 0.127 e. The van der Waals surface area contributed by atoms with Gasteiger partial charge in [0.25, 0.3) is 0 Å². The number of benzene rings is 3. The predicted molar refractivity (Wildman–Crippen MR) is 128 cm³/mol. The summed E-state index contributed by atoms with van der Waals surface area (Å²) in [5.74, 6) is 0.912. The molecule has 166 valence electrons. The van der Waals surface area contributed by atoms with E-state index in [1.165, 1.54) is 32.3 Å². The third-order valence-corrected chi connectivity index (χ3v) is 6.87. The van der Waals surface area contributed by atoms with Crippen LogP contribution in [0.1, 0.15) is 5.56 Å². The fraction of sp³-hybridized carbons (Fsp3) is 0.333. The highest BCUT2D eigenvalue weighted by Gasteiger charge is 2.25. The molecule has 4 aromatic rings. The number of hydrogen-bond donors (Lipinski definition) is 3. The summed E-state index contributed by atoms with van der Waals surface area (Å²) >= 11 is 0. The standard InChI is InChI=1S/C27H31N3O2/c1-32-23-12-10-21(11-13-23)18-28-14-16-29(17-15-28)19-22(31)20-30-26-8-4-2-6-24(26)25-7-3-5-9-27(25)30/h2-13,22,31H,14-20H2,1H3/p+2/t22-/m1/s1. The van der Waals surface area contributed by atoms with E-state index in [-0.39, 0.29) is 6.10 Å². The van der Waals surface area contributed by atoms with Gasteiger partial charge in [0.05, 0.1) is 13.7 Å². The largest absolute Gasteiger partial charge is 0.497 e. The maximum atomic E-state index is 11.0. The third kappa shape index (κ3) is 4.37. The van der Waals surface area contributed by atoms with Crippen LogP contribution >= 0.6 is 0 Å². The summed E-state index contributed by atoms with van der Waals surface area (Å²) in [6.45, 7) is 7.00. The number of para-hydroxylation sites is 2. The lowest BCUT2D eigenvalue weighted by molar-refractivity contribution is -1.02. The summed E-state index contributed by atoms with van der Waals surface area (Å²) in [5.41, 5.74) is 3.77. The Labute approximate surface area is 189 Å². The number of rotatable bonds is 7. The summed E-state index contributed by atoms with van der Waals surface area (Å²) in [4.78, 5) is 3.13. The molecule has 0 radical (unpaired) electrons. The molecule has 0 bridgehead atoms. The van der Waals surface area contributed by atoms with E-state index in [1.54, 1.807) is 12.0 Å². The van der Waals surface area contributed by atoms with Crippen LogP contribution in [0.15, 0.2) is 72.8 Å². The molecular formula is C27H33N3O2+2. The van der Waals surface area contributed by atoms with Gasteiger partial charge in [-0.3, -0.25) is 0 Å². The van der Waals surface area contributed by atoms with Gasteiger partial charge in [-0.1, -0.05) is 36.4 Å². The number of quaternary nitrogens is 2. The molecule has 0 amide bonds. The molecule has 0 spiro atoms. The van der Waals surface area contributed by atoms with Crippen LogP contribution in [0.5, 0.6) is 5.75 Å². The number of aliphatic hydroxyl groups is 1. The Morgan fingerprint density at radius 3 is 1.97 bits per heavy atom. The zero-order chi connectivity index (χ0) is 21.9. The Morgan fingerprint density at radius 2 is 1.38 bits per heavy atom. The fourth-order valence-electron chi connectivity index (χ4n) is 5.18. The van der Waals surface area contributed by atoms with E-state index in [0.29, 0.717) is 6.54 Å². The summed E-state index contributed by atoms with van der Waals surface area (Å²) in [7, 11) is 1.71. The molecule has 1 fully saturated rings. The molecule has 3 aromatic carbocycles. The number of hydrogen-bond acceptors (Lipinski definition) is 2. The third-order valence-electron chi connectivity index (χ3n) is 6.87. The number of aromatic nitrogens is 1. The number of nitrogens with zero attached hydrogens (tertiary/aromatic N) is 1. The van der Waals surface area contributed by atoms with Crippen molar-refractivity contribution < 1.29 is 19.6 Å². The molecule has 1 saturated heterocycles. The fourth-order valence-corrected chi connectivity index (χ4v) is 5.18. The maximum absolute atomic E-state index is 11.0. The van der Waals surface area contributed by atoms with Crippen LogP contribution in [0, 0.1) is 0 Å². The first-order chi connectivity index (χ1) is 15.7. The highest BCUT2D eigenvalue weighted by Crippen LogP contribution is 2.28. The van der Waals surface area contributed by atoms with Gasteiger partial charge in [-0.05, 0) is 36.4 Å². The van der Waals surface area contributed by atoms with Crippen LogP contribution in [-0.2, 0) is 13.1 Å². The van der Waals surface area contributed by atoms with Gasteiger partial charge in [0, 0.05) is 27.4 Å². The number of aliphatic hydroxyl groups excluding tert-OH is 1. The molecule has 5 rings (SSSR count). The quantitative estimate of drug-likeness (QED) is 0.411. The van der Waals surface area contributed by atoms with Crippen molar-refractivity contribution in [1.82, 2.24) is 4.57 Å². The van der Waals surface area contributed by atoms with E-state index < -0.39 is 0 Å². The van der Waals surface area contributed by atoms with Gasteiger partial charge >= 0.3 is 0 Å². The molecule has 1 aromatic heterocycles. The highest BCUT2D eigenvalue weighted by atomic mass is 16.5. The van der Waals surface area contributed by atoms with Crippen molar-refractivity contribution in [1.29, 1.82) is 0 Å². The normalized spacial score (nSPS) is 19.9. The van der Waals surface area contributed by atoms with Crippen molar-refractivity contribution in [3.63, 3.8) is 0 Å². The van der Waals surface area contributed by atoms with E-state index >= 15 is 0 Å². The van der Waals surface area contributed by atoms with Gasteiger partial charge in [0.15, 0.2) is 0 Å². The van der Waals surface area contributed by atoms with Crippen molar-refractivity contribution in [2.45, 2.75) is 19.2 Å². The van der Waals surface area contributed by atoms with Crippen molar-refractivity contribution in [3.8, 4) is 5.75 Å². The van der Waals surface area contributed by atoms with Gasteiger partial charge in [-0.25, -0.2) is 0 Å². The zero-order valence-electron chi connectivity index (χ0n) is 18.8. The second kappa shape index (κ2) is 9.33. The topological polar surface area (TPSA) is 43.3 Å². The Balaban J connectivity index is 1.19. The minimum absolute atomic E-state index is 0.354. The van der Waals surface area contributed by atoms with Gasteiger partial charge < -0.3 is 24.2 Å². The molecule has 1 atom stereocenters. The smallest absolute Gasteiger partial charge is 0.127 e. The van der Waals surface area contributed by atoms with Crippen LogP contribution in [0.25, 0.3) is 21.8 Å². The Morgan fingerprint density at radius 1 is 0.812 bits per heavy atom. The monoisotopic (exact) mass is 431 g/mol. The van der Waals surface area contributed by atoms with E-state index in [9.17, 15) is 5.11 Å². The Kier molecular flexibility index (Phi) is 6.12. The number of piperazine rings is 1. The zero-order valence-corrected chi connectivity index (χ0v) is 18.8. The average Bonchev–Trinajstić information content (AvgIpc) is 3.15. The second-order valence-electron chi connectivity index (χ2n) is 9.03. The molecule has 32 heavy (non-hydrogen) atoms. The van der Waals surface area contributed by atoms with Crippen molar-refractivity contribution >= 4 is 21.8 Å². The number of fused-ring (bicyclic) bond motifs is 3. The molecule has 0 unspecified atom stereocenters. The van der Waals surface area contributed by atoms with Crippen LogP contribution in [0.4, 0.5) is 0 Å².